The number of nitrogens with two attached hydrogens (primary N) is 1. The minimum Gasteiger partial charge on any atom is -0.367 e. The van der Waals surface area contributed by atoms with Crippen LogP contribution in [0.3, 0.4) is 0 Å². The Bertz CT molecular complexity index is 704. The van der Waals surface area contributed by atoms with Gasteiger partial charge >= 0.3 is 0 Å². The third kappa shape index (κ3) is 2.01. The summed E-state index contributed by atoms with van der Waals surface area (Å²) in [6.07, 6.45) is 0.374. The molecule has 2 amide bonds. The van der Waals surface area contributed by atoms with E-state index in [-0.39, 0.29) is 18.7 Å². The first kappa shape index (κ1) is 13.7. The zero-order valence-electron chi connectivity index (χ0n) is 11.0. The minimum atomic E-state index is -1.38. The highest BCUT2D eigenvalue weighted by Crippen LogP contribution is 2.42. The molecule has 21 heavy (non-hydrogen) atoms. The highest BCUT2D eigenvalue weighted by Gasteiger charge is 2.53. The standard InChI is InChI=1S/C14H12FN3O2S/c15-10-3-1-2-9(6-10)14(13(16)20)5-4-12(19)18(14)11-7-21-8-17-11/h1-3,6-8H,4-5H2,(H2,16,20). The van der Waals surface area contributed by atoms with Crippen LogP contribution < -0.4 is 10.6 Å². The van der Waals surface area contributed by atoms with E-state index in [9.17, 15) is 14.0 Å². The van der Waals surface area contributed by atoms with Gasteiger partial charge in [0.05, 0.1) is 5.51 Å². The highest BCUT2D eigenvalue weighted by atomic mass is 32.1. The van der Waals surface area contributed by atoms with E-state index in [1.54, 1.807) is 17.0 Å². The molecular formula is C14H12FN3O2S. The molecule has 1 fully saturated rings. The number of rotatable bonds is 3. The average Bonchev–Trinajstić information content (AvgIpc) is 3.06. The van der Waals surface area contributed by atoms with Crippen molar-refractivity contribution in [3.05, 3.63) is 46.5 Å². The van der Waals surface area contributed by atoms with Crippen molar-refractivity contribution in [1.29, 1.82) is 0 Å². The maximum Gasteiger partial charge on any atom is 0.248 e. The predicted molar refractivity (Wildman–Crippen MR) is 76.1 cm³/mol. The second-order valence-corrected chi connectivity index (χ2v) is 5.53. The Hall–Kier alpha value is -2.28. The lowest BCUT2D eigenvalue weighted by molar-refractivity contribution is -0.125. The van der Waals surface area contributed by atoms with E-state index in [0.29, 0.717) is 11.4 Å². The van der Waals surface area contributed by atoms with Crippen LogP contribution in [0, 0.1) is 5.82 Å². The fourth-order valence-electron chi connectivity index (χ4n) is 2.76. The molecule has 2 N–H and O–H groups in total. The van der Waals surface area contributed by atoms with E-state index >= 15 is 0 Å². The number of amides is 2. The van der Waals surface area contributed by atoms with Gasteiger partial charge in [0.1, 0.15) is 11.6 Å². The molecule has 1 unspecified atom stereocenters. The van der Waals surface area contributed by atoms with Crippen LogP contribution in [-0.4, -0.2) is 16.8 Å². The summed E-state index contributed by atoms with van der Waals surface area (Å²) in [5.41, 5.74) is 6.15. The van der Waals surface area contributed by atoms with Gasteiger partial charge < -0.3 is 5.73 Å². The number of anilines is 1. The predicted octanol–water partition coefficient (Wildman–Crippen LogP) is 1.79. The average molecular weight is 305 g/mol. The van der Waals surface area contributed by atoms with E-state index < -0.39 is 17.3 Å². The third-order valence-corrected chi connectivity index (χ3v) is 4.26. The van der Waals surface area contributed by atoms with Gasteiger partial charge in [-0.05, 0) is 24.1 Å². The van der Waals surface area contributed by atoms with E-state index in [1.165, 1.54) is 34.4 Å². The summed E-state index contributed by atoms with van der Waals surface area (Å²) in [5, 5.41) is 1.67. The fraction of sp³-hybridized carbons (Fsp3) is 0.214. The number of hydrogen-bond donors (Lipinski definition) is 1. The first-order valence-corrected chi connectivity index (χ1v) is 7.27. The smallest absolute Gasteiger partial charge is 0.248 e. The van der Waals surface area contributed by atoms with Crippen molar-refractivity contribution >= 4 is 29.0 Å². The molecule has 0 bridgehead atoms. The van der Waals surface area contributed by atoms with Crippen LogP contribution in [0.25, 0.3) is 0 Å². The molecule has 1 aromatic carbocycles. The Morgan fingerprint density at radius 1 is 1.48 bits per heavy atom. The molecule has 1 aromatic heterocycles. The molecule has 0 radical (unpaired) electrons. The number of halogens is 1. The largest absolute Gasteiger partial charge is 0.367 e. The first-order valence-electron chi connectivity index (χ1n) is 6.33. The van der Waals surface area contributed by atoms with Crippen LogP contribution >= 0.6 is 11.3 Å². The van der Waals surface area contributed by atoms with Gasteiger partial charge in [0.2, 0.25) is 11.8 Å². The highest BCUT2D eigenvalue weighted by molar-refractivity contribution is 7.07. The monoisotopic (exact) mass is 305 g/mol. The van der Waals surface area contributed by atoms with Crippen LogP contribution in [0.2, 0.25) is 0 Å². The number of thiazole rings is 1. The molecule has 1 saturated heterocycles. The third-order valence-electron chi connectivity index (χ3n) is 3.69. The van der Waals surface area contributed by atoms with Crippen LogP contribution in [-0.2, 0) is 15.1 Å². The van der Waals surface area contributed by atoms with Gasteiger partial charge in [-0.25, -0.2) is 9.37 Å². The van der Waals surface area contributed by atoms with Crippen molar-refractivity contribution in [2.24, 2.45) is 5.73 Å². The number of benzene rings is 1. The van der Waals surface area contributed by atoms with E-state index in [2.05, 4.69) is 4.98 Å². The number of primary amides is 1. The second kappa shape index (κ2) is 4.92. The van der Waals surface area contributed by atoms with Crippen LogP contribution in [0.4, 0.5) is 10.2 Å². The molecule has 2 heterocycles. The Balaban J connectivity index is 2.21. The second-order valence-electron chi connectivity index (χ2n) is 4.81. The van der Waals surface area contributed by atoms with Crippen molar-refractivity contribution in [3.63, 3.8) is 0 Å². The minimum absolute atomic E-state index is 0.164. The van der Waals surface area contributed by atoms with Gasteiger partial charge in [0, 0.05) is 11.8 Å². The van der Waals surface area contributed by atoms with Gasteiger partial charge in [-0.3, -0.25) is 14.5 Å². The SMILES string of the molecule is NC(=O)C1(c2cccc(F)c2)CCC(=O)N1c1cscn1. The molecule has 0 spiro atoms. The Labute approximate surface area is 124 Å². The molecular weight excluding hydrogens is 293 g/mol. The number of aromatic nitrogens is 1. The summed E-state index contributed by atoms with van der Waals surface area (Å²) in [6, 6.07) is 5.62. The molecule has 1 aliphatic rings. The van der Waals surface area contributed by atoms with Crippen molar-refractivity contribution in [2.75, 3.05) is 4.90 Å². The Kier molecular flexibility index (Phi) is 3.21. The topological polar surface area (TPSA) is 76.3 Å². The van der Waals surface area contributed by atoms with Crippen molar-refractivity contribution in [3.8, 4) is 0 Å². The summed E-state index contributed by atoms with van der Waals surface area (Å²) < 4.78 is 13.6. The number of carbonyl (C=O) groups is 2. The van der Waals surface area contributed by atoms with E-state index in [0.717, 1.165) is 0 Å². The van der Waals surface area contributed by atoms with Gasteiger partial charge in [0.25, 0.3) is 0 Å². The Morgan fingerprint density at radius 3 is 2.90 bits per heavy atom. The molecule has 108 valence electrons. The van der Waals surface area contributed by atoms with E-state index in [1.807, 2.05) is 0 Å². The summed E-state index contributed by atoms with van der Waals surface area (Å²) >= 11 is 1.31. The van der Waals surface area contributed by atoms with E-state index in [4.69, 9.17) is 5.73 Å². The number of nitrogens with zero attached hydrogens (tertiary/aromatic N) is 2. The fourth-order valence-corrected chi connectivity index (χ4v) is 3.28. The maximum absolute atomic E-state index is 13.6. The van der Waals surface area contributed by atoms with Crippen LogP contribution in [0.15, 0.2) is 35.2 Å². The summed E-state index contributed by atoms with van der Waals surface area (Å²) in [4.78, 5) is 29.8. The number of carbonyl (C=O) groups excluding carboxylic acids is 2. The summed E-state index contributed by atoms with van der Waals surface area (Å²) in [5.74, 6) is -1.05. The maximum atomic E-state index is 13.6. The van der Waals surface area contributed by atoms with Gasteiger partial charge in [-0.2, -0.15) is 0 Å². The normalized spacial score (nSPS) is 21.8. The summed E-state index contributed by atoms with van der Waals surface area (Å²) in [7, 11) is 0. The van der Waals surface area contributed by atoms with Crippen molar-refractivity contribution < 1.29 is 14.0 Å². The molecule has 1 atom stereocenters. The quantitative estimate of drug-likeness (QED) is 0.939. The first-order chi connectivity index (χ1) is 10.1. The molecule has 5 nitrogen and oxygen atoms in total. The van der Waals surface area contributed by atoms with Gasteiger partial charge in [-0.15, -0.1) is 11.3 Å². The zero-order chi connectivity index (χ0) is 15.0. The Morgan fingerprint density at radius 2 is 2.29 bits per heavy atom. The lowest BCUT2D eigenvalue weighted by atomic mass is 9.86. The molecule has 3 rings (SSSR count). The van der Waals surface area contributed by atoms with Crippen molar-refractivity contribution in [2.45, 2.75) is 18.4 Å². The molecule has 1 aliphatic heterocycles. The lowest BCUT2D eigenvalue weighted by Crippen LogP contribution is -2.53. The van der Waals surface area contributed by atoms with Crippen LogP contribution in [0.1, 0.15) is 18.4 Å². The summed E-state index contributed by atoms with van der Waals surface area (Å²) in [6.45, 7) is 0. The van der Waals surface area contributed by atoms with Crippen molar-refractivity contribution in [1.82, 2.24) is 4.98 Å². The number of hydrogen-bond acceptors (Lipinski definition) is 4. The van der Waals surface area contributed by atoms with Crippen LogP contribution in [0.5, 0.6) is 0 Å². The molecule has 2 aromatic rings. The zero-order valence-corrected chi connectivity index (χ0v) is 11.8. The molecule has 0 saturated carbocycles. The van der Waals surface area contributed by atoms with Gasteiger partial charge in [0.15, 0.2) is 5.54 Å². The molecule has 0 aliphatic carbocycles. The molecule has 7 heteroatoms. The lowest BCUT2D eigenvalue weighted by Gasteiger charge is -2.34. The van der Waals surface area contributed by atoms with Gasteiger partial charge in [-0.1, -0.05) is 12.1 Å².